The van der Waals surface area contributed by atoms with Gasteiger partial charge in [0.2, 0.25) is 11.6 Å². The molecule has 0 saturated heterocycles. The molecule has 0 amide bonds. The molecule has 1 aliphatic rings. The number of nitrogens with zero attached hydrogens (tertiary/aromatic N) is 1. The number of carbonyl (C=O) groups is 2. The van der Waals surface area contributed by atoms with Gasteiger partial charge in [0, 0.05) is 5.54 Å². The third-order valence-electron chi connectivity index (χ3n) is 2.03. The largest absolute Gasteiger partial charge is 0.297 e. The van der Waals surface area contributed by atoms with Gasteiger partial charge in [0.1, 0.15) is 11.8 Å². The smallest absolute Gasteiger partial charge is 0.246 e. The van der Waals surface area contributed by atoms with E-state index < -0.39 is 11.8 Å². The number of hydrogen-bond acceptors (Lipinski definition) is 4. The lowest BCUT2D eigenvalue weighted by Gasteiger charge is -2.34. The van der Waals surface area contributed by atoms with Gasteiger partial charge >= 0.3 is 0 Å². The first kappa shape index (κ1) is 13.0. The zero-order valence-electron chi connectivity index (χ0n) is 10.8. The van der Waals surface area contributed by atoms with Crippen LogP contribution in [0.25, 0.3) is 0 Å². The molecule has 1 fully saturated rings. The summed E-state index contributed by atoms with van der Waals surface area (Å²) in [6.45, 7) is 11.6. The maximum atomic E-state index is 11.4. The molecular weight excluding hydrogens is 204 g/mol. The molecule has 16 heavy (non-hydrogen) atoms. The fraction of sp³-hybridized carbons (Fsp3) is 0.750. The Morgan fingerprint density at radius 1 is 1.06 bits per heavy atom. The summed E-state index contributed by atoms with van der Waals surface area (Å²) in [6.07, 6.45) is 0. The Balaban J connectivity index is 2.89. The molecule has 0 bridgehead atoms. The van der Waals surface area contributed by atoms with Crippen LogP contribution in [0, 0.1) is 0 Å². The maximum Gasteiger partial charge on any atom is 0.246 e. The Morgan fingerprint density at radius 2 is 1.56 bits per heavy atom. The standard InChI is InChI=1S/C12H20N2O2/c1-11(2,3)13-7-8(10(16)9(7)15)14-12(4,5)6/h7,13H,1-6H3. The molecule has 1 unspecified atom stereocenters. The van der Waals surface area contributed by atoms with Crippen molar-refractivity contribution in [1.29, 1.82) is 0 Å². The molecule has 1 N–H and O–H groups in total. The molecule has 0 aromatic heterocycles. The highest BCUT2D eigenvalue weighted by atomic mass is 16.2. The second-order valence-electron chi connectivity index (χ2n) is 6.19. The van der Waals surface area contributed by atoms with E-state index in [2.05, 4.69) is 10.3 Å². The molecule has 4 heteroatoms. The van der Waals surface area contributed by atoms with E-state index >= 15 is 0 Å². The Morgan fingerprint density at radius 3 is 1.94 bits per heavy atom. The number of ketones is 2. The molecule has 0 spiro atoms. The molecule has 0 heterocycles. The summed E-state index contributed by atoms with van der Waals surface area (Å²) >= 11 is 0. The van der Waals surface area contributed by atoms with Crippen LogP contribution in [-0.4, -0.2) is 34.4 Å². The predicted molar refractivity (Wildman–Crippen MR) is 63.9 cm³/mol. The highest BCUT2D eigenvalue weighted by molar-refractivity contribution is 6.80. The second-order valence-corrected chi connectivity index (χ2v) is 6.19. The first-order chi connectivity index (χ1) is 7.01. The first-order valence-electron chi connectivity index (χ1n) is 5.47. The average molecular weight is 224 g/mol. The van der Waals surface area contributed by atoms with Crippen molar-refractivity contribution in [1.82, 2.24) is 5.32 Å². The number of carbonyl (C=O) groups excluding carboxylic acids is 2. The number of Topliss-reactive ketones (excluding diaryl/α,β-unsaturated/α-hetero) is 2. The van der Waals surface area contributed by atoms with Gasteiger partial charge in [-0.1, -0.05) is 0 Å². The highest BCUT2D eigenvalue weighted by Gasteiger charge is 2.47. The summed E-state index contributed by atoms with van der Waals surface area (Å²) < 4.78 is 0. The minimum absolute atomic E-state index is 0.209. The van der Waals surface area contributed by atoms with Gasteiger partial charge in [-0.15, -0.1) is 0 Å². The normalized spacial score (nSPS) is 24.9. The van der Waals surface area contributed by atoms with Crippen molar-refractivity contribution in [2.45, 2.75) is 58.7 Å². The zero-order valence-corrected chi connectivity index (χ0v) is 10.8. The fourth-order valence-corrected chi connectivity index (χ4v) is 1.48. The number of rotatable bonds is 1. The van der Waals surface area contributed by atoms with Crippen LogP contribution in [0.5, 0.6) is 0 Å². The van der Waals surface area contributed by atoms with Gasteiger partial charge in [0.05, 0.1) is 5.54 Å². The van der Waals surface area contributed by atoms with Gasteiger partial charge in [0.15, 0.2) is 0 Å². The van der Waals surface area contributed by atoms with Crippen LogP contribution >= 0.6 is 0 Å². The molecule has 0 aliphatic heterocycles. The van der Waals surface area contributed by atoms with Crippen molar-refractivity contribution in [2.24, 2.45) is 4.99 Å². The van der Waals surface area contributed by atoms with Crippen LogP contribution in [0.2, 0.25) is 0 Å². The molecule has 0 aromatic carbocycles. The van der Waals surface area contributed by atoms with Gasteiger partial charge in [-0.05, 0) is 41.5 Å². The summed E-state index contributed by atoms with van der Waals surface area (Å²) in [6, 6.07) is -0.522. The maximum absolute atomic E-state index is 11.4. The Kier molecular flexibility index (Phi) is 3.07. The van der Waals surface area contributed by atoms with E-state index in [1.807, 2.05) is 41.5 Å². The van der Waals surface area contributed by atoms with E-state index in [1.54, 1.807) is 0 Å². The minimum atomic E-state index is -0.522. The van der Waals surface area contributed by atoms with Crippen molar-refractivity contribution in [2.75, 3.05) is 0 Å². The molecule has 90 valence electrons. The van der Waals surface area contributed by atoms with Crippen molar-refractivity contribution >= 4 is 17.3 Å². The van der Waals surface area contributed by atoms with Gasteiger partial charge in [-0.3, -0.25) is 19.9 Å². The number of nitrogens with one attached hydrogen (secondary N) is 1. The van der Waals surface area contributed by atoms with Crippen molar-refractivity contribution in [3.63, 3.8) is 0 Å². The SMILES string of the molecule is CC(C)(C)N=C1C(=O)C(=O)C1NC(C)(C)C. The average Bonchev–Trinajstić information content (AvgIpc) is 2.07. The number of aliphatic imine (C=N–C) groups is 1. The first-order valence-corrected chi connectivity index (χ1v) is 5.47. The summed E-state index contributed by atoms with van der Waals surface area (Å²) in [5, 5.41) is 3.11. The monoisotopic (exact) mass is 224 g/mol. The molecule has 1 atom stereocenters. The van der Waals surface area contributed by atoms with Crippen LogP contribution in [0.15, 0.2) is 4.99 Å². The van der Waals surface area contributed by atoms with Gasteiger partial charge in [0.25, 0.3) is 0 Å². The van der Waals surface area contributed by atoms with E-state index in [1.165, 1.54) is 0 Å². The van der Waals surface area contributed by atoms with E-state index in [-0.39, 0.29) is 16.9 Å². The predicted octanol–water partition coefficient (Wildman–Crippen LogP) is 1.13. The lowest BCUT2D eigenvalue weighted by molar-refractivity contribution is -0.136. The Bertz CT molecular complexity index is 356. The van der Waals surface area contributed by atoms with Crippen LogP contribution in [0.4, 0.5) is 0 Å². The second kappa shape index (κ2) is 3.77. The van der Waals surface area contributed by atoms with Crippen LogP contribution in [-0.2, 0) is 9.59 Å². The third-order valence-corrected chi connectivity index (χ3v) is 2.03. The minimum Gasteiger partial charge on any atom is -0.297 e. The van der Waals surface area contributed by atoms with E-state index in [0.717, 1.165) is 0 Å². The lowest BCUT2D eigenvalue weighted by atomic mass is 9.84. The molecule has 1 aliphatic carbocycles. The van der Waals surface area contributed by atoms with Crippen LogP contribution in [0.3, 0.4) is 0 Å². The topological polar surface area (TPSA) is 58.5 Å². The summed E-state index contributed by atoms with van der Waals surface area (Å²) in [7, 11) is 0. The quantitative estimate of drug-likeness (QED) is 0.679. The Labute approximate surface area is 96.5 Å². The summed E-state index contributed by atoms with van der Waals surface area (Å²) in [4.78, 5) is 27.2. The summed E-state index contributed by atoms with van der Waals surface area (Å²) in [5.74, 6) is -0.824. The van der Waals surface area contributed by atoms with Gasteiger partial charge in [-0.2, -0.15) is 0 Å². The highest BCUT2D eigenvalue weighted by Crippen LogP contribution is 2.17. The zero-order chi connectivity index (χ0) is 12.7. The lowest BCUT2D eigenvalue weighted by Crippen LogP contribution is -2.65. The van der Waals surface area contributed by atoms with Gasteiger partial charge < -0.3 is 0 Å². The Hall–Kier alpha value is -1.03. The molecule has 1 rings (SSSR count). The molecule has 1 saturated carbocycles. The molecule has 0 radical (unpaired) electrons. The van der Waals surface area contributed by atoms with Crippen molar-refractivity contribution in [3.05, 3.63) is 0 Å². The van der Waals surface area contributed by atoms with E-state index in [0.29, 0.717) is 5.71 Å². The molecular formula is C12H20N2O2. The van der Waals surface area contributed by atoms with Crippen molar-refractivity contribution in [3.8, 4) is 0 Å². The van der Waals surface area contributed by atoms with Crippen LogP contribution < -0.4 is 5.32 Å². The molecule has 4 nitrogen and oxygen atoms in total. The summed E-state index contributed by atoms with van der Waals surface area (Å²) in [5.41, 5.74) is -0.171. The molecule has 0 aromatic rings. The third kappa shape index (κ3) is 2.98. The van der Waals surface area contributed by atoms with Crippen LogP contribution in [0.1, 0.15) is 41.5 Å². The number of hydrogen-bond donors (Lipinski definition) is 1. The van der Waals surface area contributed by atoms with E-state index in [9.17, 15) is 9.59 Å². The van der Waals surface area contributed by atoms with E-state index in [4.69, 9.17) is 0 Å². The van der Waals surface area contributed by atoms with Crippen molar-refractivity contribution < 1.29 is 9.59 Å². The van der Waals surface area contributed by atoms with Gasteiger partial charge in [-0.25, -0.2) is 0 Å². The fourth-order valence-electron chi connectivity index (χ4n) is 1.48.